The molecule has 2 N–H and O–H groups in total. The van der Waals surface area contributed by atoms with Crippen LogP contribution in [0.15, 0.2) is 17.0 Å². The van der Waals surface area contributed by atoms with Gasteiger partial charge in [-0.25, -0.2) is 12.8 Å². The molecule has 0 spiro atoms. The van der Waals surface area contributed by atoms with Gasteiger partial charge in [0.2, 0.25) is 10.0 Å². The number of hydrogen-bond acceptors (Lipinski definition) is 3. The standard InChI is InChI=1S/C14H21FN2O2S/c1-4-12-6-5-10(3)17(12)20(18,19)13-8-11(16)7-9(2)14(13)15/h7-8,10,12H,4-6,16H2,1-3H3. The average Bonchev–Trinajstić information content (AvgIpc) is 2.75. The summed E-state index contributed by atoms with van der Waals surface area (Å²) in [7, 11) is -3.85. The number of nitrogens with two attached hydrogens (primary N) is 1. The molecular formula is C14H21FN2O2S. The Morgan fingerprint density at radius 3 is 2.65 bits per heavy atom. The van der Waals surface area contributed by atoms with E-state index in [2.05, 4.69) is 0 Å². The van der Waals surface area contributed by atoms with E-state index in [4.69, 9.17) is 5.73 Å². The third-order valence-corrected chi connectivity index (χ3v) is 6.05. The highest BCUT2D eigenvalue weighted by molar-refractivity contribution is 7.89. The van der Waals surface area contributed by atoms with E-state index in [-0.39, 0.29) is 28.2 Å². The van der Waals surface area contributed by atoms with Crippen molar-refractivity contribution >= 4 is 15.7 Å². The van der Waals surface area contributed by atoms with E-state index in [1.54, 1.807) is 0 Å². The third kappa shape index (κ3) is 2.42. The summed E-state index contributed by atoms with van der Waals surface area (Å²) in [5.41, 5.74) is 6.20. The lowest BCUT2D eigenvalue weighted by Crippen LogP contribution is -2.40. The van der Waals surface area contributed by atoms with Crippen molar-refractivity contribution in [2.45, 2.75) is 57.0 Å². The predicted molar refractivity (Wildman–Crippen MR) is 77.3 cm³/mol. The molecule has 112 valence electrons. The quantitative estimate of drug-likeness (QED) is 0.873. The monoisotopic (exact) mass is 300 g/mol. The van der Waals surface area contributed by atoms with Crippen LogP contribution in [-0.4, -0.2) is 24.8 Å². The highest BCUT2D eigenvalue weighted by Gasteiger charge is 2.40. The van der Waals surface area contributed by atoms with E-state index >= 15 is 0 Å². The van der Waals surface area contributed by atoms with Gasteiger partial charge < -0.3 is 5.73 Å². The van der Waals surface area contributed by atoms with Crippen molar-refractivity contribution in [2.24, 2.45) is 0 Å². The fourth-order valence-electron chi connectivity index (χ4n) is 2.93. The van der Waals surface area contributed by atoms with Crippen LogP contribution in [0.25, 0.3) is 0 Å². The molecule has 2 rings (SSSR count). The van der Waals surface area contributed by atoms with Crippen LogP contribution in [0.2, 0.25) is 0 Å². The van der Waals surface area contributed by atoms with Crippen LogP contribution in [0.4, 0.5) is 10.1 Å². The van der Waals surface area contributed by atoms with E-state index < -0.39 is 15.8 Å². The number of nitrogen functional groups attached to an aromatic ring is 1. The highest BCUT2D eigenvalue weighted by Crippen LogP contribution is 2.34. The molecule has 6 heteroatoms. The topological polar surface area (TPSA) is 63.4 Å². The Kier molecular flexibility index (Phi) is 4.07. The maximum atomic E-state index is 14.2. The van der Waals surface area contributed by atoms with Crippen molar-refractivity contribution in [1.82, 2.24) is 4.31 Å². The zero-order valence-electron chi connectivity index (χ0n) is 12.1. The average molecular weight is 300 g/mol. The summed E-state index contributed by atoms with van der Waals surface area (Å²) in [5, 5.41) is 0. The highest BCUT2D eigenvalue weighted by atomic mass is 32.2. The first-order valence-corrected chi connectivity index (χ1v) is 8.32. The summed E-state index contributed by atoms with van der Waals surface area (Å²) in [6.07, 6.45) is 2.35. The molecule has 0 aliphatic carbocycles. The molecule has 1 fully saturated rings. The SMILES string of the molecule is CCC1CCC(C)N1S(=O)(=O)c1cc(N)cc(C)c1F. The van der Waals surface area contributed by atoms with Crippen molar-refractivity contribution in [3.8, 4) is 0 Å². The smallest absolute Gasteiger partial charge is 0.246 e. The lowest BCUT2D eigenvalue weighted by molar-refractivity contribution is 0.327. The van der Waals surface area contributed by atoms with Gasteiger partial charge in [-0.1, -0.05) is 6.92 Å². The van der Waals surface area contributed by atoms with Crippen molar-refractivity contribution in [3.05, 3.63) is 23.5 Å². The molecule has 1 saturated heterocycles. The largest absolute Gasteiger partial charge is 0.399 e. The lowest BCUT2D eigenvalue weighted by Gasteiger charge is -2.27. The Morgan fingerprint density at radius 2 is 2.05 bits per heavy atom. The Hall–Kier alpha value is -1.14. The van der Waals surface area contributed by atoms with E-state index in [0.29, 0.717) is 0 Å². The second-order valence-corrected chi connectivity index (χ2v) is 7.28. The Bertz CT molecular complexity index is 616. The minimum atomic E-state index is -3.85. The second-order valence-electron chi connectivity index (χ2n) is 5.47. The molecule has 0 amide bonds. The number of aryl methyl sites for hydroxylation is 1. The molecule has 0 aromatic heterocycles. The number of rotatable bonds is 3. The zero-order chi connectivity index (χ0) is 15.1. The molecular weight excluding hydrogens is 279 g/mol. The molecule has 20 heavy (non-hydrogen) atoms. The molecule has 0 saturated carbocycles. The van der Waals surface area contributed by atoms with Gasteiger partial charge in [0, 0.05) is 17.8 Å². The number of benzene rings is 1. The number of halogens is 1. The fourth-order valence-corrected chi connectivity index (χ4v) is 5.06. The maximum Gasteiger partial charge on any atom is 0.246 e. The van der Waals surface area contributed by atoms with Crippen molar-refractivity contribution in [2.75, 3.05) is 5.73 Å². The van der Waals surface area contributed by atoms with Crippen LogP contribution in [0, 0.1) is 12.7 Å². The van der Waals surface area contributed by atoms with Gasteiger partial charge in [0.05, 0.1) is 0 Å². The first-order valence-electron chi connectivity index (χ1n) is 6.88. The molecule has 2 atom stereocenters. The molecule has 0 radical (unpaired) electrons. The van der Waals surface area contributed by atoms with E-state index in [1.807, 2.05) is 13.8 Å². The van der Waals surface area contributed by atoms with E-state index in [0.717, 1.165) is 19.3 Å². The molecule has 4 nitrogen and oxygen atoms in total. The van der Waals surface area contributed by atoms with Gasteiger partial charge in [-0.05, 0) is 50.8 Å². The number of nitrogens with zero attached hydrogens (tertiary/aromatic N) is 1. The van der Waals surface area contributed by atoms with Crippen LogP contribution >= 0.6 is 0 Å². The Balaban J connectivity index is 2.55. The van der Waals surface area contributed by atoms with Crippen LogP contribution in [0.1, 0.15) is 38.7 Å². The maximum absolute atomic E-state index is 14.2. The molecule has 1 aromatic rings. The summed E-state index contributed by atoms with van der Waals surface area (Å²) in [4.78, 5) is -0.304. The van der Waals surface area contributed by atoms with Gasteiger partial charge in [0.1, 0.15) is 10.7 Å². The summed E-state index contributed by atoms with van der Waals surface area (Å²) >= 11 is 0. The number of sulfonamides is 1. The van der Waals surface area contributed by atoms with Gasteiger partial charge in [-0.15, -0.1) is 0 Å². The minimum Gasteiger partial charge on any atom is -0.399 e. The summed E-state index contributed by atoms with van der Waals surface area (Å²) in [6, 6.07) is 2.50. The molecule has 2 unspecified atom stereocenters. The van der Waals surface area contributed by atoms with Crippen molar-refractivity contribution in [3.63, 3.8) is 0 Å². The van der Waals surface area contributed by atoms with Crippen LogP contribution in [0.5, 0.6) is 0 Å². The zero-order valence-corrected chi connectivity index (χ0v) is 12.9. The normalized spacial score (nSPS) is 24.2. The summed E-state index contributed by atoms with van der Waals surface area (Å²) < 4.78 is 41.2. The molecule has 0 bridgehead atoms. The summed E-state index contributed by atoms with van der Waals surface area (Å²) in [5.74, 6) is -0.701. The second kappa shape index (κ2) is 5.33. The molecule has 1 aliphatic rings. The van der Waals surface area contributed by atoms with Crippen molar-refractivity contribution in [1.29, 1.82) is 0 Å². The van der Waals surface area contributed by atoms with E-state index in [9.17, 15) is 12.8 Å². The van der Waals surface area contributed by atoms with Crippen LogP contribution < -0.4 is 5.73 Å². The van der Waals surface area contributed by atoms with Crippen LogP contribution in [-0.2, 0) is 10.0 Å². The van der Waals surface area contributed by atoms with Crippen molar-refractivity contribution < 1.29 is 12.8 Å². The lowest BCUT2D eigenvalue weighted by atomic mass is 10.2. The Labute approximate surface area is 119 Å². The predicted octanol–water partition coefficient (Wildman–Crippen LogP) is 2.67. The van der Waals surface area contributed by atoms with Crippen LogP contribution in [0.3, 0.4) is 0 Å². The summed E-state index contributed by atoms with van der Waals surface area (Å²) in [6.45, 7) is 5.34. The minimum absolute atomic E-state index is 0.0591. The first-order chi connectivity index (χ1) is 9.28. The first kappa shape index (κ1) is 15.3. The van der Waals surface area contributed by atoms with Gasteiger partial charge >= 0.3 is 0 Å². The fraction of sp³-hybridized carbons (Fsp3) is 0.571. The molecule has 1 heterocycles. The number of hydrogen-bond donors (Lipinski definition) is 1. The van der Waals surface area contributed by atoms with Gasteiger partial charge in [-0.2, -0.15) is 4.31 Å². The van der Waals surface area contributed by atoms with E-state index in [1.165, 1.54) is 23.4 Å². The van der Waals surface area contributed by atoms with Gasteiger partial charge in [0.15, 0.2) is 0 Å². The van der Waals surface area contributed by atoms with Gasteiger partial charge in [-0.3, -0.25) is 0 Å². The number of anilines is 1. The third-order valence-electron chi connectivity index (χ3n) is 3.98. The molecule has 1 aromatic carbocycles. The van der Waals surface area contributed by atoms with Gasteiger partial charge in [0.25, 0.3) is 0 Å². The molecule has 1 aliphatic heterocycles. The Morgan fingerprint density at radius 1 is 1.40 bits per heavy atom.